The minimum Gasteiger partial charge on any atom is -0.154 e. The SMILES string of the molecule is Cc1nn[c]cc1Cl. The van der Waals surface area contributed by atoms with Gasteiger partial charge in [-0.2, -0.15) is 5.10 Å². The van der Waals surface area contributed by atoms with Crippen LogP contribution in [-0.2, 0) is 0 Å². The average Bonchev–Trinajstić information content (AvgIpc) is 1.77. The molecule has 8 heavy (non-hydrogen) atoms. The molecule has 0 saturated heterocycles. The van der Waals surface area contributed by atoms with Crippen LogP contribution in [0.25, 0.3) is 0 Å². The molecule has 0 fully saturated rings. The molecule has 0 amide bonds. The Labute approximate surface area is 52.5 Å². The molecule has 0 aliphatic heterocycles. The van der Waals surface area contributed by atoms with Crippen molar-refractivity contribution in [3.05, 3.63) is 23.0 Å². The molecule has 0 spiro atoms. The minimum absolute atomic E-state index is 0.611. The topological polar surface area (TPSA) is 25.8 Å². The fraction of sp³-hybridized carbons (Fsp3) is 0.200. The number of rotatable bonds is 0. The number of hydrogen-bond acceptors (Lipinski definition) is 2. The van der Waals surface area contributed by atoms with Gasteiger partial charge in [-0.05, 0) is 13.0 Å². The van der Waals surface area contributed by atoms with Gasteiger partial charge in [0, 0.05) is 0 Å². The summed E-state index contributed by atoms with van der Waals surface area (Å²) in [5.74, 6) is 0. The van der Waals surface area contributed by atoms with Gasteiger partial charge in [0.25, 0.3) is 0 Å². The average molecular weight is 128 g/mol. The highest BCUT2D eigenvalue weighted by molar-refractivity contribution is 6.31. The first-order valence-corrected chi connectivity index (χ1v) is 2.54. The van der Waals surface area contributed by atoms with Gasteiger partial charge in [0.05, 0.1) is 10.7 Å². The van der Waals surface area contributed by atoms with Gasteiger partial charge in [-0.25, -0.2) is 0 Å². The molecule has 0 saturated carbocycles. The minimum atomic E-state index is 0.611. The van der Waals surface area contributed by atoms with Crippen molar-refractivity contribution in [1.29, 1.82) is 0 Å². The molecule has 1 heterocycles. The fourth-order valence-electron chi connectivity index (χ4n) is 0.342. The summed E-state index contributed by atoms with van der Waals surface area (Å²) in [5.41, 5.74) is 0.741. The molecule has 1 aromatic heterocycles. The number of aromatic nitrogens is 2. The molecule has 0 atom stereocenters. The maximum absolute atomic E-state index is 5.57. The first-order chi connectivity index (χ1) is 3.80. The third-order valence-electron chi connectivity index (χ3n) is 0.795. The van der Waals surface area contributed by atoms with E-state index < -0.39 is 0 Å². The molecule has 1 rings (SSSR count). The number of nitrogens with zero attached hydrogens (tertiary/aromatic N) is 2. The largest absolute Gasteiger partial charge is 0.154 e. The first-order valence-electron chi connectivity index (χ1n) is 2.16. The van der Waals surface area contributed by atoms with Crippen molar-refractivity contribution in [2.24, 2.45) is 0 Å². The van der Waals surface area contributed by atoms with E-state index >= 15 is 0 Å². The maximum Gasteiger partial charge on any atom is 0.115 e. The lowest BCUT2D eigenvalue weighted by Crippen LogP contribution is -1.83. The van der Waals surface area contributed by atoms with E-state index in [1.807, 2.05) is 0 Å². The van der Waals surface area contributed by atoms with E-state index in [-0.39, 0.29) is 0 Å². The lowest BCUT2D eigenvalue weighted by molar-refractivity contribution is 0.974. The van der Waals surface area contributed by atoms with Gasteiger partial charge in [0.2, 0.25) is 0 Å². The molecule has 2 nitrogen and oxygen atoms in total. The second-order valence-electron chi connectivity index (χ2n) is 1.41. The van der Waals surface area contributed by atoms with Crippen LogP contribution in [0, 0.1) is 13.1 Å². The van der Waals surface area contributed by atoms with Crippen molar-refractivity contribution in [3.63, 3.8) is 0 Å². The Morgan fingerprint density at radius 2 is 2.50 bits per heavy atom. The van der Waals surface area contributed by atoms with Gasteiger partial charge >= 0.3 is 0 Å². The summed E-state index contributed by atoms with van der Waals surface area (Å²) in [6.45, 7) is 1.79. The first kappa shape index (κ1) is 5.51. The van der Waals surface area contributed by atoms with Gasteiger partial charge in [-0.1, -0.05) is 11.6 Å². The Hall–Kier alpha value is -0.630. The van der Waals surface area contributed by atoms with Crippen LogP contribution in [0.4, 0.5) is 0 Å². The molecule has 0 N–H and O–H groups in total. The van der Waals surface area contributed by atoms with E-state index in [0.717, 1.165) is 5.69 Å². The summed E-state index contributed by atoms with van der Waals surface area (Å²) >= 11 is 5.57. The monoisotopic (exact) mass is 127 g/mol. The highest BCUT2D eigenvalue weighted by Crippen LogP contribution is 2.07. The molecular formula is C5H4ClN2. The summed E-state index contributed by atoms with van der Waals surface area (Å²) in [6.07, 6.45) is 2.51. The van der Waals surface area contributed by atoms with E-state index in [1.54, 1.807) is 13.0 Å². The van der Waals surface area contributed by atoms with Crippen molar-refractivity contribution >= 4 is 11.6 Å². The van der Waals surface area contributed by atoms with Crippen LogP contribution in [0.1, 0.15) is 5.69 Å². The molecule has 0 unspecified atom stereocenters. The van der Waals surface area contributed by atoms with Crippen molar-refractivity contribution in [2.75, 3.05) is 0 Å². The molecular weight excluding hydrogens is 124 g/mol. The predicted octanol–water partition coefficient (Wildman–Crippen LogP) is 1.24. The van der Waals surface area contributed by atoms with Gasteiger partial charge in [-0.3, -0.25) is 0 Å². The van der Waals surface area contributed by atoms with Crippen LogP contribution in [0.2, 0.25) is 5.02 Å². The van der Waals surface area contributed by atoms with Gasteiger partial charge in [-0.15, -0.1) is 5.10 Å². The summed E-state index contributed by atoms with van der Waals surface area (Å²) in [7, 11) is 0. The highest BCUT2D eigenvalue weighted by atomic mass is 35.5. The summed E-state index contributed by atoms with van der Waals surface area (Å²) in [4.78, 5) is 0. The van der Waals surface area contributed by atoms with Crippen molar-refractivity contribution in [3.8, 4) is 0 Å². The normalized spacial score (nSPS) is 9.25. The van der Waals surface area contributed by atoms with Crippen LogP contribution in [0.3, 0.4) is 0 Å². The Bertz CT molecular complexity index is 167. The fourth-order valence-corrected chi connectivity index (χ4v) is 0.428. The van der Waals surface area contributed by atoms with E-state index in [0.29, 0.717) is 5.02 Å². The molecule has 0 aliphatic carbocycles. The zero-order chi connectivity index (χ0) is 5.98. The Morgan fingerprint density at radius 3 is 2.88 bits per heavy atom. The maximum atomic E-state index is 5.57. The Balaban J connectivity index is 3.13. The van der Waals surface area contributed by atoms with Crippen molar-refractivity contribution in [1.82, 2.24) is 10.2 Å². The molecule has 0 aromatic carbocycles. The summed E-state index contributed by atoms with van der Waals surface area (Å²) in [5, 5.41) is 7.74. The van der Waals surface area contributed by atoms with E-state index in [2.05, 4.69) is 16.4 Å². The van der Waals surface area contributed by atoms with Crippen LogP contribution < -0.4 is 0 Å². The second kappa shape index (κ2) is 2.09. The number of hydrogen-bond donors (Lipinski definition) is 0. The molecule has 1 aromatic rings. The lowest BCUT2D eigenvalue weighted by Gasteiger charge is -1.87. The van der Waals surface area contributed by atoms with E-state index in [9.17, 15) is 0 Å². The lowest BCUT2D eigenvalue weighted by atomic mass is 10.4. The van der Waals surface area contributed by atoms with E-state index in [1.165, 1.54) is 0 Å². The van der Waals surface area contributed by atoms with Crippen LogP contribution in [-0.4, -0.2) is 10.2 Å². The standard InChI is InChI=1S/C5H4ClN2/c1-4-5(6)2-3-7-8-4/h2H,1H3. The van der Waals surface area contributed by atoms with Gasteiger partial charge in [0.15, 0.2) is 0 Å². The number of aryl methyl sites for hydroxylation is 1. The van der Waals surface area contributed by atoms with Crippen molar-refractivity contribution in [2.45, 2.75) is 6.92 Å². The van der Waals surface area contributed by atoms with Crippen LogP contribution in [0.15, 0.2) is 6.07 Å². The van der Waals surface area contributed by atoms with E-state index in [4.69, 9.17) is 11.6 Å². The zero-order valence-corrected chi connectivity index (χ0v) is 5.11. The smallest absolute Gasteiger partial charge is 0.115 e. The van der Waals surface area contributed by atoms with Crippen LogP contribution in [0.5, 0.6) is 0 Å². The van der Waals surface area contributed by atoms with Gasteiger partial charge < -0.3 is 0 Å². The van der Waals surface area contributed by atoms with Gasteiger partial charge in [0.1, 0.15) is 6.20 Å². The predicted molar refractivity (Wildman–Crippen MR) is 30.6 cm³/mol. The van der Waals surface area contributed by atoms with Crippen LogP contribution >= 0.6 is 11.6 Å². The highest BCUT2D eigenvalue weighted by Gasteiger charge is 1.90. The Morgan fingerprint density at radius 1 is 1.75 bits per heavy atom. The Kier molecular flexibility index (Phi) is 1.44. The third kappa shape index (κ3) is 0.954. The third-order valence-corrected chi connectivity index (χ3v) is 1.18. The molecule has 0 aliphatic rings. The molecule has 41 valence electrons. The van der Waals surface area contributed by atoms with Crippen molar-refractivity contribution < 1.29 is 0 Å². The molecule has 0 bridgehead atoms. The zero-order valence-electron chi connectivity index (χ0n) is 4.35. The number of halogens is 1. The quantitative estimate of drug-likeness (QED) is 0.524. The second-order valence-corrected chi connectivity index (χ2v) is 1.81. The summed E-state index contributed by atoms with van der Waals surface area (Å²) < 4.78 is 0. The molecule has 3 heteroatoms. The summed E-state index contributed by atoms with van der Waals surface area (Å²) in [6, 6.07) is 1.59. The molecule has 1 radical (unpaired) electrons.